The van der Waals surface area contributed by atoms with Crippen LogP contribution >= 0.6 is 0 Å². The van der Waals surface area contributed by atoms with Gasteiger partial charge in [0, 0.05) is 30.2 Å². The van der Waals surface area contributed by atoms with Gasteiger partial charge < -0.3 is 5.32 Å². The average molecular weight is 276 g/mol. The van der Waals surface area contributed by atoms with Crippen molar-refractivity contribution in [3.63, 3.8) is 0 Å². The molecule has 0 unspecified atom stereocenters. The molecule has 21 heavy (non-hydrogen) atoms. The molecule has 4 nitrogen and oxygen atoms in total. The summed E-state index contributed by atoms with van der Waals surface area (Å²) in [6.07, 6.45) is 6.04. The van der Waals surface area contributed by atoms with E-state index in [1.165, 1.54) is 18.4 Å². The molecule has 3 aromatic rings. The fraction of sp³-hybridized carbons (Fsp3) is 0.235. The molecule has 0 saturated heterocycles. The first kappa shape index (κ1) is 12.3. The Bertz CT molecular complexity index is 766. The van der Waals surface area contributed by atoms with Crippen molar-refractivity contribution in [3.05, 3.63) is 60.2 Å². The van der Waals surface area contributed by atoms with E-state index in [9.17, 15) is 0 Å². The van der Waals surface area contributed by atoms with Gasteiger partial charge in [0.2, 0.25) is 0 Å². The third-order valence-corrected chi connectivity index (χ3v) is 3.77. The molecule has 0 aliphatic heterocycles. The minimum Gasteiger partial charge on any atom is -0.365 e. The van der Waals surface area contributed by atoms with E-state index in [2.05, 4.69) is 22.4 Å². The topological polar surface area (TPSA) is 50.7 Å². The number of para-hydroxylation sites is 1. The van der Waals surface area contributed by atoms with Gasteiger partial charge >= 0.3 is 0 Å². The SMILES string of the molecule is c1ccc2c(NCc3ccncc3)nc(C3CC3)nc2c1. The summed E-state index contributed by atoms with van der Waals surface area (Å²) in [4.78, 5) is 13.5. The van der Waals surface area contributed by atoms with Crippen molar-refractivity contribution in [2.45, 2.75) is 25.3 Å². The highest BCUT2D eigenvalue weighted by atomic mass is 15.0. The average Bonchev–Trinajstić information content (AvgIpc) is 3.38. The summed E-state index contributed by atoms with van der Waals surface area (Å²) in [6.45, 7) is 0.744. The number of hydrogen-bond acceptors (Lipinski definition) is 4. The van der Waals surface area contributed by atoms with E-state index in [1.807, 2.05) is 36.7 Å². The standard InChI is InChI=1S/C17H16N4/c1-2-4-15-14(3-1)17(21-16(20-15)13-5-6-13)19-11-12-7-9-18-10-8-12/h1-4,7-10,13H,5-6,11H2,(H,19,20,21). The molecule has 0 spiro atoms. The first-order chi connectivity index (χ1) is 10.4. The number of pyridine rings is 1. The van der Waals surface area contributed by atoms with Crippen molar-refractivity contribution in [1.29, 1.82) is 0 Å². The van der Waals surface area contributed by atoms with E-state index < -0.39 is 0 Å². The van der Waals surface area contributed by atoms with Crippen LogP contribution in [0.4, 0.5) is 5.82 Å². The fourth-order valence-electron chi connectivity index (χ4n) is 2.44. The monoisotopic (exact) mass is 276 g/mol. The Kier molecular flexibility index (Phi) is 2.99. The Morgan fingerprint density at radius 3 is 2.62 bits per heavy atom. The highest BCUT2D eigenvalue weighted by molar-refractivity contribution is 5.89. The van der Waals surface area contributed by atoms with E-state index in [-0.39, 0.29) is 0 Å². The zero-order valence-electron chi connectivity index (χ0n) is 11.7. The molecule has 4 rings (SSSR count). The highest BCUT2D eigenvalue weighted by Gasteiger charge is 2.27. The summed E-state index contributed by atoms with van der Waals surface area (Å²) in [5.41, 5.74) is 2.22. The molecule has 4 heteroatoms. The summed E-state index contributed by atoms with van der Waals surface area (Å²) in [5.74, 6) is 2.46. The molecular formula is C17H16N4. The number of nitrogens with zero attached hydrogens (tertiary/aromatic N) is 3. The largest absolute Gasteiger partial charge is 0.365 e. The first-order valence-electron chi connectivity index (χ1n) is 7.29. The van der Waals surface area contributed by atoms with Crippen LogP contribution in [0.1, 0.15) is 30.1 Å². The van der Waals surface area contributed by atoms with Crippen LogP contribution in [0.2, 0.25) is 0 Å². The normalized spacial score (nSPS) is 14.3. The van der Waals surface area contributed by atoms with Crippen LogP contribution in [0.15, 0.2) is 48.8 Å². The van der Waals surface area contributed by atoms with Gasteiger partial charge in [-0.15, -0.1) is 0 Å². The second-order valence-electron chi connectivity index (χ2n) is 5.43. The van der Waals surface area contributed by atoms with Crippen LogP contribution in [-0.4, -0.2) is 15.0 Å². The van der Waals surface area contributed by atoms with Gasteiger partial charge in [0.05, 0.1) is 5.52 Å². The lowest BCUT2D eigenvalue weighted by molar-refractivity contribution is 0.941. The van der Waals surface area contributed by atoms with Crippen molar-refractivity contribution >= 4 is 16.7 Å². The van der Waals surface area contributed by atoms with Crippen molar-refractivity contribution < 1.29 is 0 Å². The zero-order chi connectivity index (χ0) is 14.1. The summed E-state index contributed by atoms with van der Waals surface area (Å²) in [6, 6.07) is 12.2. The van der Waals surface area contributed by atoms with Crippen molar-refractivity contribution in [2.24, 2.45) is 0 Å². The van der Waals surface area contributed by atoms with Gasteiger partial charge in [-0.2, -0.15) is 0 Å². The molecule has 0 amide bonds. The number of hydrogen-bond donors (Lipinski definition) is 1. The summed E-state index contributed by atoms with van der Waals surface area (Å²) >= 11 is 0. The predicted octanol–water partition coefficient (Wildman–Crippen LogP) is 3.51. The van der Waals surface area contributed by atoms with Gasteiger partial charge in [0.1, 0.15) is 11.6 Å². The molecule has 1 aromatic carbocycles. The third kappa shape index (κ3) is 2.57. The van der Waals surface area contributed by atoms with Gasteiger partial charge in [-0.05, 0) is 42.7 Å². The molecule has 1 fully saturated rings. The Hall–Kier alpha value is -2.49. The molecule has 1 aliphatic carbocycles. The lowest BCUT2D eigenvalue weighted by atomic mass is 10.2. The molecule has 1 N–H and O–H groups in total. The lowest BCUT2D eigenvalue weighted by Gasteiger charge is -2.10. The van der Waals surface area contributed by atoms with Gasteiger partial charge in [-0.25, -0.2) is 9.97 Å². The Labute approximate surface area is 123 Å². The highest BCUT2D eigenvalue weighted by Crippen LogP contribution is 2.39. The number of aromatic nitrogens is 3. The minimum atomic E-state index is 0.552. The quantitative estimate of drug-likeness (QED) is 0.792. The zero-order valence-corrected chi connectivity index (χ0v) is 11.7. The number of benzene rings is 1. The Morgan fingerprint density at radius 1 is 1.00 bits per heavy atom. The molecule has 1 aliphatic rings. The van der Waals surface area contributed by atoms with Crippen molar-refractivity contribution in [2.75, 3.05) is 5.32 Å². The smallest absolute Gasteiger partial charge is 0.137 e. The van der Waals surface area contributed by atoms with Gasteiger partial charge in [0.15, 0.2) is 0 Å². The number of fused-ring (bicyclic) bond motifs is 1. The molecule has 104 valence electrons. The van der Waals surface area contributed by atoms with Gasteiger partial charge in [-0.3, -0.25) is 4.98 Å². The van der Waals surface area contributed by atoms with Crippen LogP contribution in [0.25, 0.3) is 10.9 Å². The molecule has 0 bridgehead atoms. The number of anilines is 1. The van der Waals surface area contributed by atoms with E-state index in [0.29, 0.717) is 5.92 Å². The summed E-state index contributed by atoms with van der Waals surface area (Å²) in [7, 11) is 0. The van der Waals surface area contributed by atoms with Crippen LogP contribution in [0, 0.1) is 0 Å². The van der Waals surface area contributed by atoms with Crippen LogP contribution in [0.5, 0.6) is 0 Å². The van der Waals surface area contributed by atoms with Crippen molar-refractivity contribution in [3.8, 4) is 0 Å². The molecule has 0 radical (unpaired) electrons. The number of rotatable bonds is 4. The molecular weight excluding hydrogens is 260 g/mol. The van der Waals surface area contributed by atoms with Crippen LogP contribution < -0.4 is 5.32 Å². The molecule has 1 saturated carbocycles. The van der Waals surface area contributed by atoms with E-state index >= 15 is 0 Å². The maximum absolute atomic E-state index is 4.74. The van der Waals surface area contributed by atoms with Crippen LogP contribution in [-0.2, 0) is 6.54 Å². The molecule has 2 aromatic heterocycles. The maximum atomic E-state index is 4.74. The predicted molar refractivity (Wildman–Crippen MR) is 83.1 cm³/mol. The summed E-state index contributed by atoms with van der Waals surface area (Å²) < 4.78 is 0. The van der Waals surface area contributed by atoms with Crippen LogP contribution in [0.3, 0.4) is 0 Å². The van der Waals surface area contributed by atoms with E-state index in [4.69, 9.17) is 9.97 Å². The maximum Gasteiger partial charge on any atom is 0.137 e. The minimum absolute atomic E-state index is 0.552. The first-order valence-corrected chi connectivity index (χ1v) is 7.29. The lowest BCUT2D eigenvalue weighted by Crippen LogP contribution is -2.05. The molecule has 0 atom stereocenters. The van der Waals surface area contributed by atoms with E-state index in [1.54, 1.807) is 0 Å². The Morgan fingerprint density at radius 2 is 1.81 bits per heavy atom. The third-order valence-electron chi connectivity index (χ3n) is 3.77. The van der Waals surface area contributed by atoms with Gasteiger partial charge in [-0.1, -0.05) is 12.1 Å². The number of nitrogens with one attached hydrogen (secondary N) is 1. The second kappa shape index (κ2) is 5.13. The summed E-state index contributed by atoms with van der Waals surface area (Å²) in [5, 5.41) is 4.53. The Balaban J connectivity index is 1.69. The van der Waals surface area contributed by atoms with E-state index in [0.717, 1.165) is 29.1 Å². The molecule has 2 heterocycles. The van der Waals surface area contributed by atoms with Gasteiger partial charge in [0.25, 0.3) is 0 Å². The second-order valence-corrected chi connectivity index (χ2v) is 5.43. The fourth-order valence-corrected chi connectivity index (χ4v) is 2.44. The van der Waals surface area contributed by atoms with Crippen molar-refractivity contribution in [1.82, 2.24) is 15.0 Å².